The summed E-state index contributed by atoms with van der Waals surface area (Å²) in [6.45, 7) is 2.05. The number of Topliss-reactive ketones (excluding diaryl/α,β-unsaturated/α-hetero) is 2. The number of nitrogens with two attached hydrogens (primary N) is 1. The fourth-order valence-corrected chi connectivity index (χ4v) is 6.70. The predicted molar refractivity (Wildman–Crippen MR) is 148 cm³/mol. The van der Waals surface area contributed by atoms with E-state index in [0.29, 0.717) is 30.4 Å². The Bertz CT molecular complexity index is 1330. The molecule has 1 amide bonds. The van der Waals surface area contributed by atoms with Gasteiger partial charge in [-0.15, -0.1) is 0 Å². The van der Waals surface area contributed by atoms with Gasteiger partial charge in [-0.2, -0.15) is 0 Å². The number of amides is 1. The van der Waals surface area contributed by atoms with Crippen molar-refractivity contribution in [3.8, 4) is 5.75 Å². The molecule has 4 rings (SSSR count). The highest BCUT2D eigenvalue weighted by atomic mass is 16.3. The van der Waals surface area contributed by atoms with Crippen LogP contribution >= 0.6 is 0 Å². The molecule has 0 radical (unpaired) electrons. The van der Waals surface area contributed by atoms with E-state index in [1.54, 1.807) is 14.1 Å². The van der Waals surface area contributed by atoms with Crippen molar-refractivity contribution >= 4 is 28.9 Å². The first-order chi connectivity index (χ1) is 18.7. The summed E-state index contributed by atoms with van der Waals surface area (Å²) < 4.78 is 0. The van der Waals surface area contributed by atoms with Gasteiger partial charge in [-0.1, -0.05) is 6.92 Å². The quantitative estimate of drug-likeness (QED) is 0.252. The third-order valence-corrected chi connectivity index (χ3v) is 8.79. The van der Waals surface area contributed by atoms with Gasteiger partial charge in [0.15, 0.2) is 11.4 Å². The van der Waals surface area contributed by atoms with Crippen molar-refractivity contribution in [2.75, 3.05) is 39.7 Å². The van der Waals surface area contributed by atoms with Gasteiger partial charge in [0, 0.05) is 37.9 Å². The molecular weight excluding hydrogens is 518 g/mol. The summed E-state index contributed by atoms with van der Waals surface area (Å²) in [4.78, 5) is 42.7. The zero-order valence-electron chi connectivity index (χ0n) is 23.6. The van der Waals surface area contributed by atoms with E-state index in [0.717, 1.165) is 5.69 Å². The van der Waals surface area contributed by atoms with Crippen LogP contribution in [0.15, 0.2) is 23.0 Å². The average Bonchev–Trinajstić information content (AvgIpc) is 2.85. The maximum absolute atomic E-state index is 14.0. The smallest absolute Gasteiger partial charge is 0.255 e. The van der Waals surface area contributed by atoms with Gasteiger partial charge in [0.1, 0.15) is 22.8 Å². The Morgan fingerprint density at radius 3 is 2.35 bits per heavy atom. The third-order valence-electron chi connectivity index (χ3n) is 8.79. The van der Waals surface area contributed by atoms with Crippen LogP contribution in [-0.4, -0.2) is 94.3 Å². The van der Waals surface area contributed by atoms with Gasteiger partial charge in [-0.25, -0.2) is 0 Å². The van der Waals surface area contributed by atoms with E-state index in [1.165, 1.54) is 4.90 Å². The number of phenols is 1. The Morgan fingerprint density at radius 1 is 1.15 bits per heavy atom. The molecule has 5 atom stereocenters. The van der Waals surface area contributed by atoms with E-state index in [-0.39, 0.29) is 42.3 Å². The largest absolute Gasteiger partial charge is 0.508 e. The van der Waals surface area contributed by atoms with Crippen LogP contribution in [0.25, 0.3) is 5.76 Å². The summed E-state index contributed by atoms with van der Waals surface area (Å²) in [5.41, 5.74) is 3.74. The molecule has 40 heavy (non-hydrogen) atoms. The molecule has 0 aliphatic heterocycles. The van der Waals surface area contributed by atoms with Gasteiger partial charge in [0.25, 0.3) is 5.91 Å². The molecule has 3 aliphatic rings. The number of carbonyl (C=O) groups excluding carboxylic acids is 3. The number of aromatic hydroxyl groups is 1. The van der Waals surface area contributed by atoms with E-state index in [1.807, 2.05) is 32.0 Å². The average molecular weight is 558 g/mol. The molecule has 0 aromatic heterocycles. The fraction of sp³-hybridized carbons (Fsp3) is 0.552. The first-order valence-corrected chi connectivity index (χ1v) is 13.5. The lowest BCUT2D eigenvalue weighted by Crippen LogP contribution is -2.65. The number of aliphatic hydroxyl groups excluding tert-OH is 3. The van der Waals surface area contributed by atoms with Crippen molar-refractivity contribution in [2.24, 2.45) is 23.5 Å². The number of rotatable bonds is 8. The first-order valence-electron chi connectivity index (χ1n) is 13.5. The SMILES string of the molecule is CC(CCO)CCc1cc(N(C)C)c2c(c1O)C(O)=C1C(=O)[C@]3(O)C(O)=C(C(N)=O)C(=O)[C@@H](N(C)C)[C@@H]3C[C@@H]1C2. The normalized spacial score (nSPS) is 26.9. The Hall–Kier alpha value is -3.41. The number of ketones is 2. The number of aliphatic hydroxyl groups is 4. The van der Waals surface area contributed by atoms with Gasteiger partial charge in [-0.3, -0.25) is 19.3 Å². The van der Waals surface area contributed by atoms with Crippen LogP contribution in [0.4, 0.5) is 5.69 Å². The summed E-state index contributed by atoms with van der Waals surface area (Å²) in [7, 11) is 6.81. The van der Waals surface area contributed by atoms with Crippen LogP contribution in [0.1, 0.15) is 42.9 Å². The molecule has 7 N–H and O–H groups in total. The van der Waals surface area contributed by atoms with E-state index in [4.69, 9.17) is 5.73 Å². The van der Waals surface area contributed by atoms with Gasteiger partial charge in [0.05, 0.1) is 11.6 Å². The Balaban J connectivity index is 1.91. The minimum Gasteiger partial charge on any atom is -0.508 e. The molecule has 1 fully saturated rings. The van der Waals surface area contributed by atoms with E-state index < -0.39 is 58.0 Å². The maximum Gasteiger partial charge on any atom is 0.255 e. The number of aryl methyl sites for hydroxylation is 1. The van der Waals surface area contributed by atoms with E-state index >= 15 is 0 Å². The summed E-state index contributed by atoms with van der Waals surface area (Å²) in [5, 5.41) is 54.9. The number of benzene rings is 1. The number of phenolic OH excluding ortho intramolecular Hbond substituents is 1. The van der Waals surface area contributed by atoms with E-state index in [9.17, 15) is 39.9 Å². The van der Waals surface area contributed by atoms with Crippen molar-refractivity contribution in [3.63, 3.8) is 0 Å². The summed E-state index contributed by atoms with van der Waals surface area (Å²) in [6, 6.07) is 0.738. The summed E-state index contributed by atoms with van der Waals surface area (Å²) >= 11 is 0. The molecule has 0 bridgehead atoms. The monoisotopic (exact) mass is 557 g/mol. The molecule has 218 valence electrons. The molecule has 0 heterocycles. The lowest BCUT2D eigenvalue weighted by atomic mass is 9.57. The molecule has 1 aromatic carbocycles. The second-order valence-electron chi connectivity index (χ2n) is 11.8. The number of likely N-dealkylation sites (N-methyl/N-ethyl adjacent to an activating group) is 1. The van der Waals surface area contributed by atoms with Gasteiger partial charge >= 0.3 is 0 Å². The molecular formula is C29H39N3O8. The second-order valence-corrected chi connectivity index (χ2v) is 11.8. The molecule has 0 spiro atoms. The van der Waals surface area contributed by atoms with Crippen LogP contribution < -0.4 is 10.6 Å². The number of hydrogen-bond acceptors (Lipinski definition) is 10. The molecule has 1 aromatic rings. The Kier molecular flexibility index (Phi) is 7.78. The minimum atomic E-state index is -2.66. The standard InChI is InChI=1S/C29H39N3O8/c1-13(8-9-33)6-7-14-12-18(31(2)3)16-10-15-11-17-22(32(4)5)25(36)21(28(30)39)27(38)29(17,40)26(37)19(15)24(35)20(16)23(14)34/h12-13,15,17,22,33-35,38,40H,6-11H2,1-5H3,(H2,30,39)/t13?,15-,17-,22-,29-/m0/s1. The number of fused-ring (bicyclic) bond motifs is 3. The van der Waals surface area contributed by atoms with Crippen molar-refractivity contribution in [1.82, 2.24) is 4.90 Å². The Morgan fingerprint density at radius 2 is 1.80 bits per heavy atom. The topological polar surface area (TPSA) is 185 Å². The number of carbonyl (C=O) groups is 3. The third kappa shape index (κ3) is 4.36. The van der Waals surface area contributed by atoms with Crippen LogP contribution in [0.2, 0.25) is 0 Å². The van der Waals surface area contributed by atoms with Gasteiger partial charge in [0.2, 0.25) is 5.78 Å². The molecule has 11 nitrogen and oxygen atoms in total. The van der Waals surface area contributed by atoms with Crippen molar-refractivity contribution in [2.45, 2.75) is 50.7 Å². The lowest BCUT2D eigenvalue weighted by molar-refractivity contribution is -0.153. The van der Waals surface area contributed by atoms with Crippen molar-refractivity contribution < 1.29 is 39.9 Å². The molecule has 0 saturated heterocycles. The fourth-order valence-electron chi connectivity index (χ4n) is 6.70. The predicted octanol–water partition coefficient (Wildman–Crippen LogP) is 0.981. The molecule has 3 aliphatic carbocycles. The van der Waals surface area contributed by atoms with Crippen molar-refractivity contribution in [1.29, 1.82) is 0 Å². The van der Waals surface area contributed by atoms with Crippen LogP contribution in [0.3, 0.4) is 0 Å². The highest BCUT2D eigenvalue weighted by Gasteiger charge is 2.64. The Labute approximate surface area is 233 Å². The lowest BCUT2D eigenvalue weighted by Gasteiger charge is -2.50. The van der Waals surface area contributed by atoms with Gasteiger partial charge < -0.3 is 36.2 Å². The maximum atomic E-state index is 14.0. The van der Waals surface area contributed by atoms with E-state index in [2.05, 4.69) is 0 Å². The first kappa shape index (κ1) is 29.6. The zero-order valence-corrected chi connectivity index (χ0v) is 23.6. The van der Waals surface area contributed by atoms with Crippen LogP contribution in [0.5, 0.6) is 5.75 Å². The molecule has 1 unspecified atom stereocenters. The molecule has 1 saturated carbocycles. The number of anilines is 1. The zero-order chi connectivity index (χ0) is 29.8. The number of primary amides is 1. The van der Waals surface area contributed by atoms with Crippen molar-refractivity contribution in [3.05, 3.63) is 39.7 Å². The van der Waals surface area contributed by atoms with Crippen LogP contribution in [-0.2, 0) is 27.2 Å². The number of nitrogens with zero attached hydrogens (tertiary/aromatic N) is 2. The molecule has 11 heteroatoms. The minimum absolute atomic E-state index is 0.0415. The number of hydrogen-bond donors (Lipinski definition) is 6. The van der Waals surface area contributed by atoms with Gasteiger partial charge in [-0.05, 0) is 75.2 Å². The highest BCUT2D eigenvalue weighted by molar-refractivity contribution is 6.24. The highest BCUT2D eigenvalue weighted by Crippen LogP contribution is 2.54. The summed E-state index contributed by atoms with van der Waals surface area (Å²) in [6.07, 6.45) is 2.02. The second kappa shape index (κ2) is 10.5. The summed E-state index contributed by atoms with van der Waals surface area (Å²) in [5.74, 6) is -6.40. The van der Waals surface area contributed by atoms with Crippen LogP contribution in [0, 0.1) is 17.8 Å².